The summed E-state index contributed by atoms with van der Waals surface area (Å²) in [7, 11) is 0. The average molecular weight is 319 g/mol. The van der Waals surface area contributed by atoms with E-state index in [4.69, 9.17) is 5.73 Å². The van der Waals surface area contributed by atoms with Crippen molar-refractivity contribution < 1.29 is 0 Å². The maximum absolute atomic E-state index is 5.76. The molecule has 120 valence electrons. The molecule has 1 aliphatic carbocycles. The molecule has 7 nitrogen and oxygen atoms in total. The molecule has 7 heteroatoms. The lowest BCUT2D eigenvalue weighted by atomic mass is 10.1. The van der Waals surface area contributed by atoms with E-state index in [2.05, 4.69) is 30.2 Å². The van der Waals surface area contributed by atoms with Crippen molar-refractivity contribution in [3.63, 3.8) is 0 Å². The van der Waals surface area contributed by atoms with Crippen LogP contribution in [0.15, 0.2) is 42.9 Å². The second-order valence-electron chi connectivity index (χ2n) is 5.84. The molecule has 1 fully saturated rings. The maximum Gasteiger partial charge on any atom is 0.228 e. The molecule has 4 rings (SSSR count). The molecule has 0 aromatic carbocycles. The zero-order valence-electron chi connectivity index (χ0n) is 13.1. The Labute approximate surface area is 139 Å². The van der Waals surface area contributed by atoms with E-state index in [-0.39, 0.29) is 0 Å². The number of nitrogens with zero attached hydrogens (tertiary/aromatic N) is 5. The smallest absolute Gasteiger partial charge is 0.228 e. The SMILES string of the molecule is Nc1ncc(-c2ccnc(Nc3ccccn3)n2)c(CC2CC2)n1. The van der Waals surface area contributed by atoms with Gasteiger partial charge in [-0.1, -0.05) is 6.07 Å². The molecule has 24 heavy (non-hydrogen) atoms. The van der Waals surface area contributed by atoms with Crippen LogP contribution in [0.5, 0.6) is 0 Å². The number of aromatic nitrogens is 5. The molecule has 0 amide bonds. The fourth-order valence-corrected chi connectivity index (χ4v) is 2.52. The van der Waals surface area contributed by atoms with E-state index in [0.29, 0.717) is 23.6 Å². The third kappa shape index (κ3) is 3.29. The van der Waals surface area contributed by atoms with Gasteiger partial charge < -0.3 is 11.1 Å². The van der Waals surface area contributed by atoms with E-state index in [0.717, 1.165) is 23.4 Å². The second-order valence-corrected chi connectivity index (χ2v) is 5.84. The molecular formula is C17H17N7. The molecule has 0 unspecified atom stereocenters. The van der Waals surface area contributed by atoms with Crippen LogP contribution < -0.4 is 11.1 Å². The van der Waals surface area contributed by atoms with E-state index < -0.39 is 0 Å². The van der Waals surface area contributed by atoms with Gasteiger partial charge in [0.05, 0.1) is 11.4 Å². The monoisotopic (exact) mass is 319 g/mol. The summed E-state index contributed by atoms with van der Waals surface area (Å²) in [5.74, 6) is 2.18. The van der Waals surface area contributed by atoms with E-state index in [9.17, 15) is 0 Å². The molecule has 3 N–H and O–H groups in total. The number of nitrogens with two attached hydrogens (primary N) is 1. The quantitative estimate of drug-likeness (QED) is 0.745. The fraction of sp³-hybridized carbons (Fsp3) is 0.235. The van der Waals surface area contributed by atoms with Gasteiger partial charge in [0.15, 0.2) is 0 Å². The summed E-state index contributed by atoms with van der Waals surface area (Å²) in [5, 5.41) is 3.10. The lowest BCUT2D eigenvalue weighted by molar-refractivity contribution is 0.802. The second kappa shape index (κ2) is 6.19. The number of hydrogen-bond acceptors (Lipinski definition) is 7. The summed E-state index contributed by atoms with van der Waals surface area (Å²) >= 11 is 0. The normalized spacial score (nSPS) is 13.7. The van der Waals surface area contributed by atoms with Gasteiger partial charge in [0.2, 0.25) is 11.9 Å². The summed E-state index contributed by atoms with van der Waals surface area (Å²) in [6, 6.07) is 7.48. The van der Waals surface area contributed by atoms with Crippen LogP contribution in [0.25, 0.3) is 11.3 Å². The Balaban J connectivity index is 1.65. The van der Waals surface area contributed by atoms with Crippen molar-refractivity contribution in [3.05, 3.63) is 48.5 Å². The van der Waals surface area contributed by atoms with Gasteiger partial charge in [0, 0.05) is 24.2 Å². The highest BCUT2D eigenvalue weighted by Gasteiger charge is 2.24. The molecule has 0 atom stereocenters. The Bertz CT molecular complexity index is 847. The third-order valence-corrected chi connectivity index (χ3v) is 3.90. The van der Waals surface area contributed by atoms with Gasteiger partial charge in [-0.15, -0.1) is 0 Å². The molecular weight excluding hydrogens is 302 g/mol. The van der Waals surface area contributed by atoms with Gasteiger partial charge in [-0.05, 0) is 43.4 Å². The summed E-state index contributed by atoms with van der Waals surface area (Å²) in [5.41, 5.74) is 8.39. The van der Waals surface area contributed by atoms with Gasteiger partial charge in [0.1, 0.15) is 5.82 Å². The standard InChI is InChI=1S/C17H17N7/c18-16-21-10-12(14(22-16)9-11-4-5-11)13-6-8-20-17(23-13)24-15-3-1-2-7-19-15/h1-3,6-8,10-11H,4-5,9H2,(H2,18,21,22)(H,19,20,23,24). The average Bonchev–Trinajstić information content (AvgIpc) is 3.40. The first kappa shape index (κ1) is 14.5. The third-order valence-electron chi connectivity index (χ3n) is 3.90. The van der Waals surface area contributed by atoms with Crippen molar-refractivity contribution in [2.45, 2.75) is 19.3 Å². The minimum atomic E-state index is 0.301. The van der Waals surface area contributed by atoms with Gasteiger partial charge in [0.25, 0.3) is 0 Å². The lowest BCUT2D eigenvalue weighted by Crippen LogP contribution is -2.05. The number of anilines is 3. The summed E-state index contributed by atoms with van der Waals surface area (Å²) in [6.45, 7) is 0. The highest BCUT2D eigenvalue weighted by atomic mass is 15.1. The van der Waals surface area contributed by atoms with E-state index in [1.807, 2.05) is 24.3 Å². The van der Waals surface area contributed by atoms with Crippen molar-refractivity contribution in [2.75, 3.05) is 11.1 Å². The van der Waals surface area contributed by atoms with Gasteiger partial charge in [-0.2, -0.15) is 0 Å². The largest absolute Gasteiger partial charge is 0.368 e. The number of nitrogen functional groups attached to an aromatic ring is 1. The molecule has 0 spiro atoms. The van der Waals surface area contributed by atoms with Crippen LogP contribution in [0.4, 0.5) is 17.7 Å². The molecule has 3 aromatic heterocycles. The molecule has 1 saturated carbocycles. The van der Waals surface area contributed by atoms with E-state index in [1.54, 1.807) is 18.6 Å². The Kier molecular flexibility index (Phi) is 3.74. The van der Waals surface area contributed by atoms with Crippen molar-refractivity contribution in [3.8, 4) is 11.3 Å². The van der Waals surface area contributed by atoms with Gasteiger partial charge in [-0.3, -0.25) is 0 Å². The molecule has 0 bridgehead atoms. The Morgan fingerprint density at radius 1 is 1.04 bits per heavy atom. The number of pyridine rings is 1. The van der Waals surface area contributed by atoms with Crippen molar-refractivity contribution in [2.24, 2.45) is 5.92 Å². The van der Waals surface area contributed by atoms with Crippen LogP contribution in [0.2, 0.25) is 0 Å². The number of nitrogens with one attached hydrogen (secondary N) is 1. The molecule has 0 aliphatic heterocycles. The lowest BCUT2D eigenvalue weighted by Gasteiger charge is -2.09. The molecule has 3 aromatic rings. The molecule has 0 radical (unpaired) electrons. The van der Waals surface area contributed by atoms with Crippen LogP contribution in [0, 0.1) is 5.92 Å². The minimum absolute atomic E-state index is 0.301. The van der Waals surface area contributed by atoms with Gasteiger partial charge >= 0.3 is 0 Å². The van der Waals surface area contributed by atoms with Gasteiger partial charge in [-0.25, -0.2) is 24.9 Å². The first-order valence-electron chi connectivity index (χ1n) is 7.91. The number of hydrogen-bond donors (Lipinski definition) is 2. The van der Waals surface area contributed by atoms with E-state index in [1.165, 1.54) is 12.8 Å². The van der Waals surface area contributed by atoms with Crippen LogP contribution in [0.3, 0.4) is 0 Å². The van der Waals surface area contributed by atoms with Crippen molar-refractivity contribution in [1.82, 2.24) is 24.9 Å². The van der Waals surface area contributed by atoms with Crippen molar-refractivity contribution in [1.29, 1.82) is 0 Å². The summed E-state index contributed by atoms with van der Waals surface area (Å²) < 4.78 is 0. The van der Waals surface area contributed by atoms with E-state index >= 15 is 0 Å². The zero-order chi connectivity index (χ0) is 16.4. The summed E-state index contributed by atoms with van der Waals surface area (Å²) in [6.07, 6.45) is 8.58. The van der Waals surface area contributed by atoms with Crippen LogP contribution in [-0.2, 0) is 6.42 Å². The first-order valence-corrected chi connectivity index (χ1v) is 7.91. The molecule has 3 heterocycles. The molecule has 1 aliphatic rings. The number of rotatable bonds is 5. The predicted molar refractivity (Wildman–Crippen MR) is 91.4 cm³/mol. The fourth-order valence-electron chi connectivity index (χ4n) is 2.52. The highest BCUT2D eigenvalue weighted by Crippen LogP contribution is 2.34. The van der Waals surface area contributed by atoms with Crippen LogP contribution in [-0.4, -0.2) is 24.9 Å². The Hall–Kier alpha value is -3.09. The molecule has 0 saturated heterocycles. The van der Waals surface area contributed by atoms with Crippen LogP contribution >= 0.6 is 0 Å². The first-order chi connectivity index (χ1) is 11.8. The van der Waals surface area contributed by atoms with Crippen molar-refractivity contribution >= 4 is 17.7 Å². The minimum Gasteiger partial charge on any atom is -0.368 e. The Morgan fingerprint density at radius 3 is 2.75 bits per heavy atom. The predicted octanol–water partition coefficient (Wildman–Crippen LogP) is 2.61. The Morgan fingerprint density at radius 2 is 1.96 bits per heavy atom. The highest BCUT2D eigenvalue weighted by molar-refractivity contribution is 5.63. The topological polar surface area (TPSA) is 102 Å². The maximum atomic E-state index is 5.76. The van der Waals surface area contributed by atoms with Crippen LogP contribution in [0.1, 0.15) is 18.5 Å². The summed E-state index contributed by atoms with van der Waals surface area (Å²) in [4.78, 5) is 21.6. The zero-order valence-corrected chi connectivity index (χ0v) is 13.1.